The van der Waals surface area contributed by atoms with Crippen molar-refractivity contribution >= 4 is 15.9 Å². The van der Waals surface area contributed by atoms with Crippen molar-refractivity contribution in [3.63, 3.8) is 0 Å². The van der Waals surface area contributed by atoms with Gasteiger partial charge in [-0.3, -0.25) is 0 Å². The molecule has 4 heteroatoms. The van der Waals surface area contributed by atoms with E-state index in [0.717, 1.165) is 28.0 Å². The Morgan fingerprint density at radius 2 is 2.12 bits per heavy atom. The number of para-hydroxylation sites is 1. The summed E-state index contributed by atoms with van der Waals surface area (Å²) < 4.78 is 8.28. The molecular weight excluding hydrogens is 268 g/mol. The summed E-state index contributed by atoms with van der Waals surface area (Å²) in [7, 11) is 3.65. The molecule has 0 bridgehead atoms. The fraction of sp³-hybridized carbons (Fsp3) is 0.250. The number of aromatic nitrogens is 2. The number of nitrogens with zero attached hydrogens (tertiary/aromatic N) is 2. The number of rotatable bonds is 3. The standard InChI is InChI=1S/C12H13BrN2O/c1-15-8-14-10(12(15)13)7-9-5-3-4-6-11(9)16-2/h3-6,8H,7H2,1-2H3. The Hall–Kier alpha value is -1.29. The molecule has 0 N–H and O–H groups in total. The van der Waals surface area contributed by atoms with E-state index >= 15 is 0 Å². The highest BCUT2D eigenvalue weighted by Gasteiger charge is 2.09. The molecule has 0 spiro atoms. The van der Waals surface area contributed by atoms with Crippen molar-refractivity contribution in [1.82, 2.24) is 9.55 Å². The minimum absolute atomic E-state index is 0.769. The van der Waals surface area contributed by atoms with Crippen LogP contribution >= 0.6 is 15.9 Å². The number of imidazole rings is 1. The van der Waals surface area contributed by atoms with Crippen LogP contribution in [0.3, 0.4) is 0 Å². The lowest BCUT2D eigenvalue weighted by molar-refractivity contribution is 0.410. The molecule has 2 aromatic rings. The number of ether oxygens (including phenoxy) is 1. The fourth-order valence-electron chi connectivity index (χ4n) is 1.61. The zero-order chi connectivity index (χ0) is 11.5. The third kappa shape index (κ3) is 2.11. The third-order valence-corrected chi connectivity index (χ3v) is 3.50. The minimum atomic E-state index is 0.769. The topological polar surface area (TPSA) is 27.1 Å². The summed E-state index contributed by atoms with van der Waals surface area (Å²) in [5.74, 6) is 0.903. The second-order valence-electron chi connectivity index (χ2n) is 3.58. The van der Waals surface area contributed by atoms with Crippen LogP contribution in [0, 0.1) is 0 Å². The van der Waals surface area contributed by atoms with E-state index in [4.69, 9.17) is 4.74 Å². The minimum Gasteiger partial charge on any atom is -0.496 e. The van der Waals surface area contributed by atoms with Crippen LogP contribution in [0.2, 0.25) is 0 Å². The first kappa shape index (κ1) is 11.2. The predicted molar refractivity (Wildman–Crippen MR) is 66.7 cm³/mol. The molecule has 0 fully saturated rings. The van der Waals surface area contributed by atoms with Gasteiger partial charge in [0.25, 0.3) is 0 Å². The number of methoxy groups -OCH3 is 1. The molecule has 0 unspecified atom stereocenters. The molecule has 2 rings (SSSR count). The Balaban J connectivity index is 2.30. The van der Waals surface area contributed by atoms with Gasteiger partial charge in [0, 0.05) is 19.0 Å². The summed E-state index contributed by atoms with van der Waals surface area (Å²) >= 11 is 3.51. The zero-order valence-electron chi connectivity index (χ0n) is 9.27. The molecule has 16 heavy (non-hydrogen) atoms. The largest absolute Gasteiger partial charge is 0.496 e. The molecule has 1 aromatic heterocycles. The van der Waals surface area contributed by atoms with Crippen LogP contribution in [0.5, 0.6) is 5.75 Å². The predicted octanol–water partition coefficient (Wildman–Crippen LogP) is 2.78. The van der Waals surface area contributed by atoms with E-state index < -0.39 is 0 Å². The second kappa shape index (κ2) is 4.70. The summed E-state index contributed by atoms with van der Waals surface area (Å²) in [4.78, 5) is 4.35. The maximum absolute atomic E-state index is 5.31. The van der Waals surface area contributed by atoms with Crippen molar-refractivity contribution < 1.29 is 4.74 Å². The van der Waals surface area contributed by atoms with Gasteiger partial charge < -0.3 is 9.30 Å². The smallest absolute Gasteiger partial charge is 0.122 e. The van der Waals surface area contributed by atoms with Gasteiger partial charge in [0.2, 0.25) is 0 Å². The molecule has 3 nitrogen and oxygen atoms in total. The van der Waals surface area contributed by atoms with E-state index in [1.165, 1.54) is 0 Å². The molecule has 0 aliphatic rings. The van der Waals surface area contributed by atoms with Crippen molar-refractivity contribution in [2.24, 2.45) is 7.05 Å². The average Bonchev–Trinajstić information content (AvgIpc) is 2.62. The molecule has 84 valence electrons. The van der Waals surface area contributed by atoms with Crippen molar-refractivity contribution in [1.29, 1.82) is 0 Å². The molecule has 0 radical (unpaired) electrons. The van der Waals surface area contributed by atoms with E-state index in [2.05, 4.69) is 27.0 Å². The number of benzene rings is 1. The lowest BCUT2D eigenvalue weighted by atomic mass is 10.1. The summed E-state index contributed by atoms with van der Waals surface area (Å²) in [5, 5.41) is 0. The SMILES string of the molecule is COc1ccccc1Cc1ncn(C)c1Br. The molecule has 0 atom stereocenters. The first-order valence-electron chi connectivity index (χ1n) is 5.00. The molecule has 0 saturated heterocycles. The Morgan fingerprint density at radius 3 is 2.75 bits per heavy atom. The van der Waals surface area contributed by atoms with E-state index in [9.17, 15) is 0 Å². The van der Waals surface area contributed by atoms with Crippen LogP contribution in [0.4, 0.5) is 0 Å². The highest BCUT2D eigenvalue weighted by Crippen LogP contribution is 2.23. The number of halogens is 1. The highest BCUT2D eigenvalue weighted by molar-refractivity contribution is 9.10. The van der Waals surface area contributed by atoms with Crippen LogP contribution in [0.15, 0.2) is 35.2 Å². The maximum Gasteiger partial charge on any atom is 0.122 e. The van der Waals surface area contributed by atoms with E-state index in [1.807, 2.05) is 29.8 Å². The van der Waals surface area contributed by atoms with Gasteiger partial charge >= 0.3 is 0 Å². The van der Waals surface area contributed by atoms with Gasteiger partial charge in [0.05, 0.1) is 19.1 Å². The molecule has 1 heterocycles. The van der Waals surface area contributed by atoms with E-state index in [0.29, 0.717) is 0 Å². The van der Waals surface area contributed by atoms with Gasteiger partial charge in [-0.2, -0.15) is 0 Å². The Labute approximate surface area is 103 Å². The molecule has 0 amide bonds. The second-order valence-corrected chi connectivity index (χ2v) is 4.33. The van der Waals surface area contributed by atoms with Crippen molar-refractivity contribution in [2.75, 3.05) is 7.11 Å². The Bertz CT molecular complexity index is 494. The van der Waals surface area contributed by atoms with Crippen LogP contribution in [0.25, 0.3) is 0 Å². The molecule has 1 aromatic carbocycles. The summed E-state index contributed by atoms with van der Waals surface area (Å²) in [5.41, 5.74) is 2.16. The van der Waals surface area contributed by atoms with Gasteiger partial charge in [0.15, 0.2) is 0 Å². The van der Waals surface area contributed by atoms with Gasteiger partial charge in [-0.25, -0.2) is 4.98 Å². The number of hydrogen-bond donors (Lipinski definition) is 0. The number of aryl methyl sites for hydroxylation is 1. The van der Waals surface area contributed by atoms with Gasteiger partial charge in [-0.05, 0) is 22.0 Å². The highest BCUT2D eigenvalue weighted by atomic mass is 79.9. The van der Waals surface area contributed by atoms with Crippen molar-refractivity contribution in [3.8, 4) is 5.75 Å². The van der Waals surface area contributed by atoms with Crippen LogP contribution in [-0.2, 0) is 13.5 Å². The first-order valence-corrected chi connectivity index (χ1v) is 5.79. The van der Waals surface area contributed by atoms with Crippen molar-refractivity contribution in [3.05, 3.63) is 46.5 Å². The van der Waals surface area contributed by atoms with Crippen LogP contribution in [0.1, 0.15) is 11.3 Å². The average molecular weight is 281 g/mol. The summed E-state index contributed by atoms with van der Waals surface area (Å²) in [6.07, 6.45) is 2.57. The lowest BCUT2D eigenvalue weighted by Gasteiger charge is -2.06. The van der Waals surface area contributed by atoms with Crippen LogP contribution < -0.4 is 4.74 Å². The lowest BCUT2D eigenvalue weighted by Crippen LogP contribution is -1.95. The molecule has 0 saturated carbocycles. The van der Waals surface area contributed by atoms with Gasteiger partial charge in [-0.15, -0.1) is 0 Å². The monoisotopic (exact) mass is 280 g/mol. The van der Waals surface area contributed by atoms with Crippen LogP contribution in [-0.4, -0.2) is 16.7 Å². The summed E-state index contributed by atoms with van der Waals surface area (Å²) in [6.45, 7) is 0. The molecule has 0 aliphatic heterocycles. The molecular formula is C12H13BrN2O. The normalized spacial score (nSPS) is 10.4. The Kier molecular flexibility index (Phi) is 3.29. The summed E-state index contributed by atoms with van der Waals surface area (Å²) in [6, 6.07) is 8.00. The van der Waals surface area contributed by atoms with E-state index in [1.54, 1.807) is 13.4 Å². The van der Waals surface area contributed by atoms with Crippen molar-refractivity contribution in [2.45, 2.75) is 6.42 Å². The molecule has 0 aliphatic carbocycles. The zero-order valence-corrected chi connectivity index (χ0v) is 10.9. The van der Waals surface area contributed by atoms with Gasteiger partial charge in [0.1, 0.15) is 10.4 Å². The Morgan fingerprint density at radius 1 is 1.38 bits per heavy atom. The maximum atomic E-state index is 5.31. The number of hydrogen-bond acceptors (Lipinski definition) is 2. The first-order chi connectivity index (χ1) is 7.72. The van der Waals surface area contributed by atoms with Gasteiger partial charge in [-0.1, -0.05) is 18.2 Å². The fourth-order valence-corrected chi connectivity index (χ4v) is 1.95. The third-order valence-electron chi connectivity index (χ3n) is 2.48. The van der Waals surface area contributed by atoms with E-state index in [-0.39, 0.29) is 0 Å². The quantitative estimate of drug-likeness (QED) is 0.865.